The molecule has 0 aliphatic carbocycles. The van der Waals surface area contributed by atoms with Gasteiger partial charge in [-0.3, -0.25) is 13.9 Å². The minimum atomic E-state index is -3.60. The van der Waals surface area contributed by atoms with Crippen molar-refractivity contribution in [3.63, 3.8) is 0 Å². The predicted molar refractivity (Wildman–Crippen MR) is 140 cm³/mol. The normalized spacial score (nSPS) is 12.1. The van der Waals surface area contributed by atoms with Crippen molar-refractivity contribution in [1.82, 2.24) is 10.2 Å². The third-order valence-corrected chi connectivity index (χ3v) is 7.30. The van der Waals surface area contributed by atoms with Gasteiger partial charge < -0.3 is 15.0 Å². The van der Waals surface area contributed by atoms with E-state index in [1.165, 1.54) is 16.3 Å². The van der Waals surface area contributed by atoms with E-state index in [1.807, 2.05) is 0 Å². The Hall–Kier alpha value is -2.49. The number of sulfonamides is 1. The first-order chi connectivity index (χ1) is 16.5. The molecule has 1 unspecified atom stereocenters. The SMILES string of the molecule is CCNC(=O)C(C)N(Cc1c(Cl)cccc1Cl)C(=O)CCCN(c1cccc(OC)c1)S(C)(=O)=O. The largest absolute Gasteiger partial charge is 0.497 e. The highest BCUT2D eigenvalue weighted by Crippen LogP contribution is 2.27. The molecule has 0 saturated heterocycles. The standard InChI is InChI=1S/C24H31Cl2N3O5S/c1-5-27-24(31)17(2)28(16-20-21(25)11-7-12-22(20)26)23(30)13-8-14-29(35(4,32)33)18-9-6-10-19(15-18)34-3/h6-7,9-12,15,17H,5,8,13-14,16H2,1-4H3,(H,27,31). The van der Waals surface area contributed by atoms with Gasteiger partial charge in [0.15, 0.2) is 0 Å². The van der Waals surface area contributed by atoms with E-state index >= 15 is 0 Å². The molecule has 11 heteroatoms. The van der Waals surface area contributed by atoms with E-state index in [-0.39, 0.29) is 37.7 Å². The van der Waals surface area contributed by atoms with Gasteiger partial charge in [0, 0.05) is 47.7 Å². The number of carbonyl (C=O) groups is 2. The summed E-state index contributed by atoms with van der Waals surface area (Å²) in [6, 6.07) is 10.9. The molecule has 0 saturated carbocycles. The minimum Gasteiger partial charge on any atom is -0.497 e. The smallest absolute Gasteiger partial charge is 0.242 e. The maximum Gasteiger partial charge on any atom is 0.242 e. The Morgan fingerprint density at radius 1 is 1.11 bits per heavy atom. The number of nitrogens with zero attached hydrogens (tertiary/aromatic N) is 2. The number of hydrogen-bond donors (Lipinski definition) is 1. The number of carbonyl (C=O) groups excluding carboxylic acids is 2. The fourth-order valence-electron chi connectivity index (χ4n) is 3.53. The van der Waals surface area contributed by atoms with E-state index < -0.39 is 16.1 Å². The van der Waals surface area contributed by atoms with E-state index in [4.69, 9.17) is 27.9 Å². The van der Waals surface area contributed by atoms with Crippen LogP contribution in [0.2, 0.25) is 10.0 Å². The molecule has 0 spiro atoms. The predicted octanol–water partition coefficient (Wildman–Crippen LogP) is 4.10. The number of anilines is 1. The molecule has 0 aliphatic heterocycles. The van der Waals surface area contributed by atoms with E-state index in [0.717, 1.165) is 6.26 Å². The summed E-state index contributed by atoms with van der Waals surface area (Å²) in [4.78, 5) is 27.2. The van der Waals surface area contributed by atoms with Crippen LogP contribution in [0.4, 0.5) is 5.69 Å². The van der Waals surface area contributed by atoms with E-state index in [1.54, 1.807) is 56.3 Å². The van der Waals surface area contributed by atoms with Crippen LogP contribution in [0.25, 0.3) is 0 Å². The first-order valence-electron chi connectivity index (χ1n) is 11.1. The molecule has 2 amide bonds. The van der Waals surface area contributed by atoms with Crippen LogP contribution >= 0.6 is 23.2 Å². The molecule has 1 N–H and O–H groups in total. The van der Waals surface area contributed by atoms with Crippen LogP contribution in [0, 0.1) is 0 Å². The van der Waals surface area contributed by atoms with Gasteiger partial charge in [-0.25, -0.2) is 8.42 Å². The average molecular weight is 545 g/mol. The van der Waals surface area contributed by atoms with Gasteiger partial charge in [0.2, 0.25) is 21.8 Å². The summed E-state index contributed by atoms with van der Waals surface area (Å²) in [7, 11) is -2.11. The number of methoxy groups -OCH3 is 1. The molecule has 192 valence electrons. The Bertz CT molecular complexity index is 1120. The number of rotatable bonds is 12. The Labute approximate surface area is 217 Å². The van der Waals surface area contributed by atoms with E-state index in [2.05, 4.69) is 5.32 Å². The van der Waals surface area contributed by atoms with Crippen molar-refractivity contribution in [2.45, 2.75) is 39.3 Å². The third-order valence-electron chi connectivity index (χ3n) is 5.40. The fourth-order valence-corrected chi connectivity index (χ4v) is 5.00. The molecule has 0 radical (unpaired) electrons. The number of nitrogens with one attached hydrogen (secondary N) is 1. The summed E-state index contributed by atoms with van der Waals surface area (Å²) >= 11 is 12.6. The highest BCUT2D eigenvalue weighted by molar-refractivity contribution is 7.92. The number of ether oxygens (including phenoxy) is 1. The van der Waals surface area contributed by atoms with Gasteiger partial charge in [-0.2, -0.15) is 0 Å². The molecule has 0 bridgehead atoms. The lowest BCUT2D eigenvalue weighted by molar-refractivity contribution is -0.140. The maximum atomic E-state index is 13.3. The van der Waals surface area contributed by atoms with Crippen molar-refractivity contribution < 1.29 is 22.7 Å². The molecule has 0 aromatic heterocycles. The number of hydrogen-bond acceptors (Lipinski definition) is 5. The van der Waals surface area contributed by atoms with Crippen molar-refractivity contribution in [1.29, 1.82) is 0 Å². The Morgan fingerprint density at radius 3 is 2.31 bits per heavy atom. The van der Waals surface area contributed by atoms with Crippen LogP contribution in [0.5, 0.6) is 5.75 Å². The summed E-state index contributed by atoms with van der Waals surface area (Å²) in [5.41, 5.74) is 0.976. The van der Waals surface area contributed by atoms with Crippen LogP contribution < -0.4 is 14.4 Å². The molecule has 2 aromatic carbocycles. The van der Waals surface area contributed by atoms with E-state index in [0.29, 0.717) is 33.6 Å². The number of benzene rings is 2. The molecule has 1 atom stereocenters. The van der Waals surface area contributed by atoms with Gasteiger partial charge in [-0.15, -0.1) is 0 Å². The van der Waals surface area contributed by atoms with Gasteiger partial charge in [-0.05, 0) is 44.5 Å². The number of halogens is 2. The highest BCUT2D eigenvalue weighted by atomic mass is 35.5. The van der Waals surface area contributed by atoms with Gasteiger partial charge >= 0.3 is 0 Å². The maximum absolute atomic E-state index is 13.3. The zero-order valence-corrected chi connectivity index (χ0v) is 22.6. The molecular formula is C24H31Cl2N3O5S. The highest BCUT2D eigenvalue weighted by Gasteiger charge is 2.27. The van der Waals surface area contributed by atoms with Crippen LogP contribution in [0.3, 0.4) is 0 Å². The molecule has 2 aromatic rings. The van der Waals surface area contributed by atoms with Crippen LogP contribution in [0.15, 0.2) is 42.5 Å². The lowest BCUT2D eigenvalue weighted by Gasteiger charge is -2.30. The van der Waals surface area contributed by atoms with Crippen molar-refractivity contribution in [2.75, 3.05) is 30.8 Å². The Balaban J connectivity index is 2.22. The van der Waals surface area contributed by atoms with Crippen LogP contribution in [-0.4, -0.2) is 57.6 Å². The molecule has 0 aliphatic rings. The molecule has 35 heavy (non-hydrogen) atoms. The Kier molecular flexibility index (Phi) is 10.7. The quantitative estimate of drug-likeness (QED) is 0.434. The van der Waals surface area contributed by atoms with Crippen molar-refractivity contribution in [2.24, 2.45) is 0 Å². The topological polar surface area (TPSA) is 96.0 Å². The summed E-state index contributed by atoms with van der Waals surface area (Å²) in [6.45, 7) is 3.96. The third kappa shape index (κ3) is 8.02. The van der Waals surface area contributed by atoms with Gasteiger partial charge in [0.1, 0.15) is 11.8 Å². The molecule has 8 nitrogen and oxygen atoms in total. The Morgan fingerprint density at radius 2 is 1.74 bits per heavy atom. The zero-order valence-electron chi connectivity index (χ0n) is 20.3. The minimum absolute atomic E-state index is 0.0157. The lowest BCUT2D eigenvalue weighted by Crippen LogP contribution is -2.47. The fraction of sp³-hybridized carbons (Fsp3) is 0.417. The summed E-state index contributed by atoms with van der Waals surface area (Å²) in [5.74, 6) is -0.109. The van der Waals surface area contributed by atoms with Crippen LogP contribution in [0.1, 0.15) is 32.3 Å². The van der Waals surface area contributed by atoms with Crippen LogP contribution in [-0.2, 0) is 26.2 Å². The van der Waals surface area contributed by atoms with Crippen molar-refractivity contribution in [3.05, 3.63) is 58.1 Å². The first-order valence-corrected chi connectivity index (χ1v) is 13.7. The molecule has 0 fully saturated rings. The van der Waals surface area contributed by atoms with Gasteiger partial charge in [-0.1, -0.05) is 35.3 Å². The number of likely N-dealkylation sites (N-methyl/N-ethyl adjacent to an activating group) is 1. The number of amides is 2. The van der Waals surface area contributed by atoms with Crippen molar-refractivity contribution in [3.8, 4) is 5.75 Å². The molecular weight excluding hydrogens is 513 g/mol. The first kappa shape index (κ1) is 28.7. The van der Waals surface area contributed by atoms with E-state index in [9.17, 15) is 18.0 Å². The zero-order chi connectivity index (χ0) is 26.2. The monoisotopic (exact) mass is 543 g/mol. The van der Waals surface area contributed by atoms with Crippen molar-refractivity contribution >= 4 is 50.7 Å². The second-order valence-electron chi connectivity index (χ2n) is 7.93. The second kappa shape index (κ2) is 13.0. The lowest BCUT2D eigenvalue weighted by atomic mass is 10.1. The average Bonchev–Trinajstić information content (AvgIpc) is 2.80. The summed E-state index contributed by atoms with van der Waals surface area (Å²) in [5, 5.41) is 3.50. The summed E-state index contributed by atoms with van der Waals surface area (Å²) < 4.78 is 31.3. The molecule has 0 heterocycles. The van der Waals surface area contributed by atoms with Gasteiger partial charge in [0.05, 0.1) is 19.1 Å². The van der Waals surface area contributed by atoms with Gasteiger partial charge in [0.25, 0.3) is 0 Å². The second-order valence-corrected chi connectivity index (χ2v) is 10.7. The molecule has 2 rings (SSSR count). The summed E-state index contributed by atoms with van der Waals surface area (Å²) in [6.07, 6.45) is 1.36.